The molecule has 0 aromatic heterocycles. The van der Waals surface area contributed by atoms with E-state index < -0.39 is 0 Å². The van der Waals surface area contributed by atoms with Crippen LogP contribution in [0.4, 0.5) is 5.69 Å². The van der Waals surface area contributed by atoms with Crippen molar-refractivity contribution in [2.24, 2.45) is 5.92 Å². The molecule has 0 saturated carbocycles. The predicted octanol–water partition coefficient (Wildman–Crippen LogP) is 3.60. The summed E-state index contributed by atoms with van der Waals surface area (Å²) in [7, 11) is 0. The summed E-state index contributed by atoms with van der Waals surface area (Å²) in [6.45, 7) is 4.95. The quantitative estimate of drug-likeness (QED) is 0.915. The first-order valence-corrected chi connectivity index (χ1v) is 6.63. The normalized spacial score (nSPS) is 20.8. The van der Waals surface area contributed by atoms with Crippen molar-refractivity contribution in [1.82, 2.24) is 0 Å². The second kappa shape index (κ2) is 5.69. The van der Waals surface area contributed by atoms with E-state index in [2.05, 4.69) is 46.4 Å². The average molecular weight is 284 g/mol. The molecule has 0 radical (unpaired) electrons. The molecule has 1 unspecified atom stereocenters. The molecule has 1 aliphatic heterocycles. The zero-order valence-corrected chi connectivity index (χ0v) is 11.2. The maximum Gasteiger partial charge on any atom is 0.0511 e. The average Bonchev–Trinajstić information content (AvgIpc) is 2.32. The molecular formula is C13H18BrNO. The lowest BCUT2D eigenvalue weighted by Crippen LogP contribution is -2.24. The van der Waals surface area contributed by atoms with Crippen molar-refractivity contribution in [3.05, 3.63) is 28.2 Å². The van der Waals surface area contributed by atoms with Gasteiger partial charge in [0.25, 0.3) is 0 Å². The molecule has 1 saturated heterocycles. The van der Waals surface area contributed by atoms with Gasteiger partial charge in [0, 0.05) is 23.3 Å². The number of anilines is 1. The van der Waals surface area contributed by atoms with E-state index in [0.29, 0.717) is 5.92 Å². The Kier molecular flexibility index (Phi) is 4.24. The van der Waals surface area contributed by atoms with Gasteiger partial charge in [0.15, 0.2) is 0 Å². The Morgan fingerprint density at radius 3 is 3.12 bits per heavy atom. The van der Waals surface area contributed by atoms with Gasteiger partial charge in [0.2, 0.25) is 0 Å². The predicted molar refractivity (Wildman–Crippen MR) is 70.9 cm³/mol. The SMILES string of the molecule is Cc1cccc(NCC2CCCOC2)c1Br. The number of hydrogen-bond acceptors (Lipinski definition) is 2. The van der Waals surface area contributed by atoms with Gasteiger partial charge in [0.05, 0.1) is 6.61 Å². The third-order valence-electron chi connectivity index (χ3n) is 3.03. The molecule has 1 heterocycles. The van der Waals surface area contributed by atoms with E-state index in [0.717, 1.165) is 19.8 Å². The number of aryl methyl sites for hydroxylation is 1. The Morgan fingerprint density at radius 1 is 1.50 bits per heavy atom. The highest BCUT2D eigenvalue weighted by Gasteiger charge is 2.13. The molecule has 1 aliphatic rings. The lowest BCUT2D eigenvalue weighted by molar-refractivity contribution is 0.0595. The number of benzene rings is 1. The summed E-state index contributed by atoms with van der Waals surface area (Å²) in [5.74, 6) is 0.654. The number of ether oxygens (including phenoxy) is 1. The van der Waals surface area contributed by atoms with E-state index in [1.165, 1.54) is 28.6 Å². The van der Waals surface area contributed by atoms with Crippen molar-refractivity contribution in [3.8, 4) is 0 Å². The Labute approximate surface area is 106 Å². The summed E-state index contributed by atoms with van der Waals surface area (Å²) < 4.78 is 6.65. The van der Waals surface area contributed by atoms with Crippen molar-refractivity contribution >= 4 is 21.6 Å². The van der Waals surface area contributed by atoms with Gasteiger partial charge in [-0.15, -0.1) is 0 Å². The highest BCUT2D eigenvalue weighted by atomic mass is 79.9. The molecule has 0 bridgehead atoms. The number of hydrogen-bond donors (Lipinski definition) is 1. The molecule has 0 amide bonds. The maximum atomic E-state index is 5.47. The fraction of sp³-hybridized carbons (Fsp3) is 0.538. The Morgan fingerprint density at radius 2 is 2.38 bits per heavy atom. The smallest absolute Gasteiger partial charge is 0.0511 e. The van der Waals surface area contributed by atoms with Crippen molar-refractivity contribution in [2.75, 3.05) is 25.1 Å². The summed E-state index contributed by atoms with van der Waals surface area (Å²) in [5.41, 5.74) is 2.45. The van der Waals surface area contributed by atoms with E-state index in [1.54, 1.807) is 0 Å². The second-order valence-electron chi connectivity index (χ2n) is 4.40. The second-order valence-corrected chi connectivity index (χ2v) is 5.19. The summed E-state index contributed by atoms with van der Waals surface area (Å²) in [6, 6.07) is 6.31. The Hall–Kier alpha value is -0.540. The first-order chi connectivity index (χ1) is 7.77. The Bertz CT molecular complexity index is 348. The fourth-order valence-corrected chi connectivity index (χ4v) is 2.41. The van der Waals surface area contributed by atoms with Gasteiger partial charge in [0.1, 0.15) is 0 Å². The minimum Gasteiger partial charge on any atom is -0.384 e. The third kappa shape index (κ3) is 2.98. The minimum atomic E-state index is 0.654. The van der Waals surface area contributed by atoms with Gasteiger partial charge < -0.3 is 10.1 Å². The highest BCUT2D eigenvalue weighted by molar-refractivity contribution is 9.10. The number of rotatable bonds is 3. The van der Waals surface area contributed by atoms with Crippen LogP contribution < -0.4 is 5.32 Å². The van der Waals surface area contributed by atoms with Crippen LogP contribution in [0.1, 0.15) is 18.4 Å². The molecule has 2 nitrogen and oxygen atoms in total. The van der Waals surface area contributed by atoms with Gasteiger partial charge >= 0.3 is 0 Å². The van der Waals surface area contributed by atoms with Crippen LogP contribution in [0.2, 0.25) is 0 Å². The van der Waals surface area contributed by atoms with Crippen LogP contribution in [-0.4, -0.2) is 19.8 Å². The Balaban J connectivity index is 1.91. The van der Waals surface area contributed by atoms with Crippen LogP contribution in [0.5, 0.6) is 0 Å². The molecule has 0 aliphatic carbocycles. The molecular weight excluding hydrogens is 266 g/mol. The van der Waals surface area contributed by atoms with Gasteiger partial charge in [-0.3, -0.25) is 0 Å². The third-order valence-corrected chi connectivity index (χ3v) is 4.08. The summed E-state index contributed by atoms with van der Waals surface area (Å²) in [6.07, 6.45) is 2.47. The molecule has 2 rings (SSSR count). The zero-order valence-electron chi connectivity index (χ0n) is 9.63. The number of nitrogens with one attached hydrogen (secondary N) is 1. The lowest BCUT2D eigenvalue weighted by Gasteiger charge is -2.23. The largest absolute Gasteiger partial charge is 0.384 e. The van der Waals surface area contributed by atoms with Crippen LogP contribution in [0.3, 0.4) is 0 Å². The molecule has 1 aromatic rings. The van der Waals surface area contributed by atoms with Gasteiger partial charge in [-0.05, 0) is 53.2 Å². The molecule has 0 spiro atoms. The summed E-state index contributed by atoms with van der Waals surface area (Å²) in [4.78, 5) is 0. The van der Waals surface area contributed by atoms with Crippen molar-refractivity contribution in [3.63, 3.8) is 0 Å². The summed E-state index contributed by atoms with van der Waals surface area (Å²) in [5, 5.41) is 3.50. The fourth-order valence-electron chi connectivity index (χ4n) is 2.01. The molecule has 16 heavy (non-hydrogen) atoms. The summed E-state index contributed by atoms with van der Waals surface area (Å²) >= 11 is 3.61. The lowest BCUT2D eigenvalue weighted by atomic mass is 10.0. The standard InChI is InChI=1S/C13H18BrNO/c1-10-4-2-6-12(13(10)14)15-8-11-5-3-7-16-9-11/h2,4,6,11,15H,3,5,7-9H2,1H3. The van der Waals surface area contributed by atoms with Crippen LogP contribution in [0.25, 0.3) is 0 Å². The van der Waals surface area contributed by atoms with Crippen LogP contribution in [0.15, 0.2) is 22.7 Å². The minimum absolute atomic E-state index is 0.654. The van der Waals surface area contributed by atoms with Gasteiger partial charge in [-0.1, -0.05) is 12.1 Å². The number of halogens is 1. The molecule has 1 aromatic carbocycles. The molecule has 3 heteroatoms. The van der Waals surface area contributed by atoms with E-state index in [1.807, 2.05) is 0 Å². The van der Waals surface area contributed by atoms with E-state index >= 15 is 0 Å². The van der Waals surface area contributed by atoms with E-state index in [9.17, 15) is 0 Å². The van der Waals surface area contributed by atoms with Crippen LogP contribution >= 0.6 is 15.9 Å². The molecule has 1 N–H and O–H groups in total. The van der Waals surface area contributed by atoms with Gasteiger partial charge in [-0.2, -0.15) is 0 Å². The van der Waals surface area contributed by atoms with Crippen LogP contribution in [-0.2, 0) is 4.74 Å². The first-order valence-electron chi connectivity index (χ1n) is 5.84. The van der Waals surface area contributed by atoms with Gasteiger partial charge in [-0.25, -0.2) is 0 Å². The molecule has 88 valence electrons. The van der Waals surface area contributed by atoms with E-state index in [-0.39, 0.29) is 0 Å². The highest BCUT2D eigenvalue weighted by Crippen LogP contribution is 2.26. The first kappa shape index (κ1) is 11.9. The molecule has 1 fully saturated rings. The van der Waals surface area contributed by atoms with Crippen molar-refractivity contribution in [1.29, 1.82) is 0 Å². The van der Waals surface area contributed by atoms with Crippen molar-refractivity contribution in [2.45, 2.75) is 19.8 Å². The van der Waals surface area contributed by atoms with E-state index in [4.69, 9.17) is 4.74 Å². The topological polar surface area (TPSA) is 21.3 Å². The van der Waals surface area contributed by atoms with Crippen LogP contribution in [0, 0.1) is 12.8 Å². The van der Waals surface area contributed by atoms with Crippen molar-refractivity contribution < 1.29 is 4.74 Å². The monoisotopic (exact) mass is 283 g/mol. The molecule has 1 atom stereocenters. The maximum absolute atomic E-state index is 5.47. The zero-order chi connectivity index (χ0) is 11.4.